The van der Waals surface area contributed by atoms with Crippen molar-refractivity contribution in [2.45, 2.75) is 33.6 Å². The molecule has 1 N–H and O–H groups in total. The van der Waals surface area contributed by atoms with Crippen molar-refractivity contribution in [2.24, 2.45) is 0 Å². The molecule has 6 nitrogen and oxygen atoms in total. The molecule has 29 heavy (non-hydrogen) atoms. The number of hydrogen-bond acceptors (Lipinski definition) is 4. The van der Waals surface area contributed by atoms with Crippen molar-refractivity contribution >= 4 is 17.6 Å². The summed E-state index contributed by atoms with van der Waals surface area (Å²) in [6.07, 6.45) is 0.916. The largest absolute Gasteiger partial charge is 0.462 e. The predicted molar refractivity (Wildman–Crippen MR) is 112 cm³/mol. The number of anilines is 1. The third-order valence-corrected chi connectivity index (χ3v) is 4.70. The summed E-state index contributed by atoms with van der Waals surface area (Å²) in [7, 11) is 0. The zero-order valence-corrected chi connectivity index (χ0v) is 16.9. The molecule has 1 aromatic heterocycles. The summed E-state index contributed by atoms with van der Waals surface area (Å²) in [6.45, 7) is 6.05. The number of hydrogen-bond donors (Lipinski definition) is 1. The van der Waals surface area contributed by atoms with E-state index >= 15 is 0 Å². The summed E-state index contributed by atoms with van der Waals surface area (Å²) in [5.41, 5.74) is 5.02. The summed E-state index contributed by atoms with van der Waals surface area (Å²) in [5, 5.41) is 7.48. The topological polar surface area (TPSA) is 73.2 Å². The van der Waals surface area contributed by atoms with Crippen LogP contribution in [0.4, 0.5) is 5.69 Å². The maximum atomic E-state index is 12.4. The molecule has 6 heteroatoms. The Hall–Kier alpha value is -3.41. The number of para-hydroxylation sites is 1. The van der Waals surface area contributed by atoms with Crippen molar-refractivity contribution < 1.29 is 14.3 Å². The minimum absolute atomic E-state index is 0.114. The van der Waals surface area contributed by atoms with E-state index in [1.165, 1.54) is 0 Å². The van der Waals surface area contributed by atoms with Crippen molar-refractivity contribution in [1.82, 2.24) is 9.78 Å². The molecule has 0 aliphatic carbocycles. The number of nitrogens with one attached hydrogen (secondary N) is 1. The standard InChI is InChI=1S/C23H25N3O3/c1-4-29-23(28)18-9-8-10-19(15-18)24-22(27)14-13-21-16(2)25-26(17(21)3)20-11-6-5-7-12-20/h5-12,15H,4,13-14H2,1-3H3,(H,24,27). The summed E-state index contributed by atoms with van der Waals surface area (Å²) < 4.78 is 6.91. The van der Waals surface area contributed by atoms with Crippen molar-refractivity contribution in [2.75, 3.05) is 11.9 Å². The van der Waals surface area contributed by atoms with E-state index in [1.807, 2.05) is 48.9 Å². The molecule has 2 aromatic carbocycles. The van der Waals surface area contributed by atoms with E-state index in [1.54, 1.807) is 31.2 Å². The molecule has 0 saturated carbocycles. The zero-order valence-electron chi connectivity index (χ0n) is 16.9. The molecule has 0 radical (unpaired) electrons. The number of rotatable bonds is 7. The Balaban J connectivity index is 1.65. The first-order valence-electron chi connectivity index (χ1n) is 9.67. The van der Waals surface area contributed by atoms with Crippen LogP contribution in [0.5, 0.6) is 0 Å². The van der Waals surface area contributed by atoms with Crippen LogP contribution in [0, 0.1) is 13.8 Å². The highest BCUT2D eigenvalue weighted by Crippen LogP contribution is 2.20. The van der Waals surface area contributed by atoms with Crippen LogP contribution in [-0.2, 0) is 16.0 Å². The van der Waals surface area contributed by atoms with Gasteiger partial charge >= 0.3 is 5.97 Å². The summed E-state index contributed by atoms with van der Waals surface area (Å²) in [4.78, 5) is 24.3. The SMILES string of the molecule is CCOC(=O)c1cccc(NC(=O)CCc2c(C)nn(-c3ccccc3)c2C)c1. The van der Waals surface area contributed by atoms with Crippen molar-refractivity contribution in [3.05, 3.63) is 77.1 Å². The third kappa shape index (κ3) is 4.90. The molecule has 0 atom stereocenters. The fraction of sp³-hybridized carbons (Fsp3) is 0.261. The molecule has 3 rings (SSSR count). The lowest BCUT2D eigenvalue weighted by Gasteiger charge is -2.08. The minimum Gasteiger partial charge on any atom is -0.462 e. The molecule has 0 unspecified atom stereocenters. The van der Waals surface area contributed by atoms with Crippen LogP contribution in [0.3, 0.4) is 0 Å². The quantitative estimate of drug-likeness (QED) is 0.612. The Morgan fingerprint density at radius 3 is 2.55 bits per heavy atom. The van der Waals surface area contributed by atoms with Crippen LogP contribution < -0.4 is 5.32 Å². The van der Waals surface area contributed by atoms with E-state index in [0.29, 0.717) is 30.7 Å². The molecule has 3 aromatic rings. The lowest BCUT2D eigenvalue weighted by Crippen LogP contribution is -2.13. The second-order valence-corrected chi connectivity index (χ2v) is 6.75. The number of nitrogens with zero attached hydrogens (tertiary/aromatic N) is 2. The number of esters is 1. The summed E-state index contributed by atoms with van der Waals surface area (Å²) in [5.74, 6) is -0.513. The van der Waals surface area contributed by atoms with Gasteiger partial charge in [-0.25, -0.2) is 9.48 Å². The Bertz CT molecular complexity index is 1010. The van der Waals surface area contributed by atoms with E-state index in [4.69, 9.17) is 4.74 Å². The number of amides is 1. The van der Waals surface area contributed by atoms with Crippen LogP contribution >= 0.6 is 0 Å². The molecular formula is C23H25N3O3. The third-order valence-electron chi connectivity index (χ3n) is 4.70. The van der Waals surface area contributed by atoms with Gasteiger partial charge in [-0.1, -0.05) is 24.3 Å². The zero-order chi connectivity index (χ0) is 20.8. The highest BCUT2D eigenvalue weighted by Gasteiger charge is 2.14. The molecule has 0 saturated heterocycles. The van der Waals surface area contributed by atoms with Crippen molar-refractivity contribution in [1.29, 1.82) is 0 Å². The van der Waals surface area contributed by atoms with Crippen LogP contribution in [0.1, 0.15) is 40.7 Å². The first kappa shape index (κ1) is 20.3. The summed E-state index contributed by atoms with van der Waals surface area (Å²) >= 11 is 0. The van der Waals surface area contributed by atoms with Gasteiger partial charge in [-0.3, -0.25) is 4.79 Å². The van der Waals surface area contributed by atoms with Gasteiger partial charge in [0.1, 0.15) is 0 Å². The molecule has 150 valence electrons. The van der Waals surface area contributed by atoms with Gasteiger partial charge in [-0.15, -0.1) is 0 Å². The predicted octanol–water partition coefficient (Wildman–Crippen LogP) is 4.24. The maximum Gasteiger partial charge on any atom is 0.338 e. The number of aromatic nitrogens is 2. The Morgan fingerprint density at radius 1 is 1.07 bits per heavy atom. The number of ether oxygens (including phenoxy) is 1. The Morgan fingerprint density at radius 2 is 1.83 bits per heavy atom. The van der Waals surface area contributed by atoms with Crippen molar-refractivity contribution in [3.8, 4) is 5.69 Å². The molecule has 0 spiro atoms. The average molecular weight is 391 g/mol. The molecular weight excluding hydrogens is 366 g/mol. The van der Waals surface area contributed by atoms with Gasteiger partial charge in [0.15, 0.2) is 0 Å². The molecule has 0 bridgehead atoms. The van der Waals surface area contributed by atoms with Crippen molar-refractivity contribution in [3.63, 3.8) is 0 Å². The van der Waals surface area contributed by atoms with Gasteiger partial charge in [0.25, 0.3) is 0 Å². The number of benzene rings is 2. The number of aryl methyl sites for hydroxylation is 1. The van der Waals surface area contributed by atoms with Crippen LogP contribution in [0.2, 0.25) is 0 Å². The first-order valence-corrected chi connectivity index (χ1v) is 9.67. The molecule has 1 amide bonds. The van der Waals surface area contributed by atoms with Gasteiger partial charge < -0.3 is 10.1 Å². The maximum absolute atomic E-state index is 12.4. The van der Waals surface area contributed by atoms with Gasteiger partial charge in [-0.2, -0.15) is 5.10 Å². The minimum atomic E-state index is -0.400. The number of carbonyl (C=O) groups excluding carboxylic acids is 2. The lowest BCUT2D eigenvalue weighted by molar-refractivity contribution is -0.116. The van der Waals surface area contributed by atoms with Gasteiger partial charge in [-0.05, 0) is 63.1 Å². The molecule has 0 aliphatic heterocycles. The summed E-state index contributed by atoms with van der Waals surface area (Å²) in [6, 6.07) is 16.7. The van der Waals surface area contributed by atoms with Gasteiger partial charge in [0, 0.05) is 17.8 Å². The second-order valence-electron chi connectivity index (χ2n) is 6.75. The Kier molecular flexibility index (Phi) is 6.44. The normalized spacial score (nSPS) is 10.6. The lowest BCUT2D eigenvalue weighted by atomic mass is 10.1. The van der Waals surface area contributed by atoms with Gasteiger partial charge in [0.05, 0.1) is 23.6 Å². The van der Waals surface area contributed by atoms with Crippen LogP contribution in [-0.4, -0.2) is 28.3 Å². The van der Waals surface area contributed by atoms with Gasteiger partial charge in [0.2, 0.25) is 5.91 Å². The van der Waals surface area contributed by atoms with E-state index in [9.17, 15) is 9.59 Å². The fourth-order valence-electron chi connectivity index (χ4n) is 3.26. The van der Waals surface area contributed by atoms with Crippen LogP contribution in [0.15, 0.2) is 54.6 Å². The van der Waals surface area contributed by atoms with E-state index < -0.39 is 5.97 Å². The Labute approximate surface area is 170 Å². The van der Waals surface area contributed by atoms with E-state index in [-0.39, 0.29) is 5.91 Å². The molecule has 0 fully saturated rings. The fourth-order valence-corrected chi connectivity index (χ4v) is 3.26. The highest BCUT2D eigenvalue weighted by molar-refractivity contribution is 5.94. The highest BCUT2D eigenvalue weighted by atomic mass is 16.5. The smallest absolute Gasteiger partial charge is 0.338 e. The first-order chi connectivity index (χ1) is 14.0. The van der Waals surface area contributed by atoms with E-state index in [2.05, 4.69) is 10.4 Å². The monoisotopic (exact) mass is 391 g/mol. The van der Waals surface area contributed by atoms with Crippen LogP contribution in [0.25, 0.3) is 5.69 Å². The molecule has 1 heterocycles. The molecule has 0 aliphatic rings. The number of carbonyl (C=O) groups is 2. The van der Waals surface area contributed by atoms with E-state index in [0.717, 1.165) is 22.6 Å². The average Bonchev–Trinajstić information content (AvgIpc) is 3.01. The second kappa shape index (κ2) is 9.19.